The maximum absolute atomic E-state index is 11.9. The fourth-order valence-electron chi connectivity index (χ4n) is 1.94. The Morgan fingerprint density at radius 3 is 1.42 bits per heavy atom. The fourth-order valence-corrected chi connectivity index (χ4v) is 3.09. The van der Waals surface area contributed by atoms with Crippen LogP contribution in [-0.4, -0.2) is 38.5 Å². The van der Waals surface area contributed by atoms with Crippen LogP contribution in [0.5, 0.6) is 0 Å². The van der Waals surface area contributed by atoms with Crippen LogP contribution in [0.3, 0.4) is 0 Å². The minimum absolute atomic E-state index is 0.244. The topological polar surface area (TPSA) is 121 Å². The van der Waals surface area contributed by atoms with Crippen LogP contribution in [0.2, 0.25) is 0 Å². The van der Waals surface area contributed by atoms with Gasteiger partial charge in [-0.25, -0.2) is 19.4 Å². The van der Waals surface area contributed by atoms with Gasteiger partial charge in [-0.3, -0.25) is 0 Å². The van der Waals surface area contributed by atoms with Gasteiger partial charge >= 0.3 is 11.9 Å². The average molecular weight is 370 g/mol. The summed E-state index contributed by atoms with van der Waals surface area (Å²) in [4.78, 5) is 32.0. The van der Waals surface area contributed by atoms with E-state index in [1.54, 1.807) is 0 Å². The Labute approximate surface area is 139 Å². The molecule has 0 saturated heterocycles. The summed E-state index contributed by atoms with van der Waals surface area (Å²) in [5.41, 5.74) is 0. The van der Waals surface area contributed by atoms with Crippen LogP contribution in [0.25, 0.3) is 0 Å². The second-order valence-electron chi connectivity index (χ2n) is 4.52. The Morgan fingerprint density at radius 1 is 0.708 bits per heavy atom. The smallest absolute Gasteiger partial charge is 0.246 e. The van der Waals surface area contributed by atoms with Gasteiger partial charge in [-0.15, -0.1) is 0 Å². The number of allylic oxidation sites excluding steroid dienone is 6. The Bertz CT molecular complexity index is 862. The molecule has 0 fully saturated rings. The van der Waals surface area contributed by atoms with Gasteiger partial charge < -0.3 is 0 Å². The lowest BCUT2D eigenvalue weighted by atomic mass is 10.0. The maximum Gasteiger partial charge on any atom is 0.367 e. The first-order chi connectivity index (χ1) is 11.4. The first-order valence-electron chi connectivity index (χ1n) is 6.46. The van der Waals surface area contributed by atoms with Crippen molar-refractivity contribution >= 4 is 42.3 Å². The van der Waals surface area contributed by atoms with Crippen LogP contribution >= 0.6 is 0 Å². The lowest BCUT2D eigenvalue weighted by Gasteiger charge is -2.14. The van der Waals surface area contributed by atoms with E-state index in [1.165, 1.54) is 48.6 Å². The van der Waals surface area contributed by atoms with E-state index in [0.717, 1.165) is 0 Å². The van der Waals surface area contributed by atoms with Gasteiger partial charge in [0.25, 0.3) is 0 Å². The van der Waals surface area contributed by atoms with E-state index in [2.05, 4.69) is 9.78 Å². The summed E-state index contributed by atoms with van der Waals surface area (Å²) in [6.07, 6.45) is 10.6. The molecule has 0 radical (unpaired) electrons. The van der Waals surface area contributed by atoms with Crippen molar-refractivity contribution in [3.05, 3.63) is 48.6 Å². The Balaban J connectivity index is 2.08. The highest BCUT2D eigenvalue weighted by Gasteiger charge is 2.30. The van der Waals surface area contributed by atoms with Crippen LogP contribution in [0.4, 0.5) is 0 Å². The molecule has 126 valence electrons. The molecule has 0 bridgehead atoms. The van der Waals surface area contributed by atoms with E-state index < -0.39 is 44.4 Å². The number of hydrogen-bond acceptors (Lipinski definition) is 8. The highest BCUT2D eigenvalue weighted by Crippen LogP contribution is 2.14. The van der Waals surface area contributed by atoms with Crippen LogP contribution in [0.15, 0.2) is 48.6 Å². The van der Waals surface area contributed by atoms with Gasteiger partial charge in [-0.1, -0.05) is 36.5 Å². The second-order valence-corrected chi connectivity index (χ2v) is 6.40. The third kappa shape index (κ3) is 3.97. The predicted molar refractivity (Wildman–Crippen MR) is 83.6 cm³/mol. The average Bonchev–Trinajstić information content (AvgIpc) is 2.59. The molecule has 2 atom stereocenters. The molecule has 0 aromatic carbocycles. The van der Waals surface area contributed by atoms with E-state index >= 15 is 0 Å². The van der Waals surface area contributed by atoms with Gasteiger partial charge in [0, 0.05) is 0 Å². The summed E-state index contributed by atoms with van der Waals surface area (Å²) in [5.74, 6) is -4.74. The number of rotatable bonds is 2. The molecule has 0 saturated carbocycles. The van der Waals surface area contributed by atoms with Gasteiger partial charge in [0.15, 0.2) is 0 Å². The summed E-state index contributed by atoms with van der Waals surface area (Å²) in [7, 11) is -5.30. The SMILES string of the molecule is O=C(OOC(=O)C1C=CC=CC1=S(=O)=O)C1C=CC=CC1=S(=O)=O. The molecule has 0 heterocycles. The van der Waals surface area contributed by atoms with Gasteiger partial charge in [0.2, 0.25) is 20.6 Å². The minimum Gasteiger partial charge on any atom is -0.246 e. The largest absolute Gasteiger partial charge is 0.367 e. The van der Waals surface area contributed by atoms with Crippen LogP contribution in [0, 0.1) is 11.8 Å². The highest BCUT2D eigenvalue weighted by molar-refractivity contribution is 7.73. The van der Waals surface area contributed by atoms with Crippen molar-refractivity contribution in [2.45, 2.75) is 0 Å². The van der Waals surface area contributed by atoms with Crippen LogP contribution in [0.1, 0.15) is 0 Å². The molecular weight excluding hydrogens is 360 g/mol. The normalized spacial score (nSPS) is 21.5. The van der Waals surface area contributed by atoms with E-state index in [4.69, 9.17) is 0 Å². The lowest BCUT2D eigenvalue weighted by Crippen LogP contribution is -2.29. The predicted octanol–water partition coefficient (Wildman–Crippen LogP) is -0.425. The fraction of sp³-hybridized carbons (Fsp3) is 0.143. The van der Waals surface area contributed by atoms with Crippen molar-refractivity contribution in [3.8, 4) is 0 Å². The van der Waals surface area contributed by atoms with Gasteiger partial charge in [0.1, 0.15) is 11.8 Å². The molecule has 10 heteroatoms. The van der Waals surface area contributed by atoms with Crippen molar-refractivity contribution in [2.24, 2.45) is 11.8 Å². The summed E-state index contributed by atoms with van der Waals surface area (Å²) in [6.45, 7) is 0. The number of carbonyl (C=O) groups is 2. The lowest BCUT2D eigenvalue weighted by molar-refractivity contribution is -0.260. The zero-order valence-corrected chi connectivity index (χ0v) is 13.5. The van der Waals surface area contributed by atoms with E-state index in [-0.39, 0.29) is 9.73 Å². The Kier molecular flexibility index (Phi) is 5.66. The van der Waals surface area contributed by atoms with Crippen molar-refractivity contribution < 1.29 is 36.2 Å². The molecule has 0 aromatic heterocycles. The first kappa shape index (κ1) is 17.6. The van der Waals surface area contributed by atoms with Crippen molar-refractivity contribution in [2.75, 3.05) is 0 Å². The van der Waals surface area contributed by atoms with Gasteiger partial charge in [0.05, 0.1) is 9.73 Å². The molecule has 8 nitrogen and oxygen atoms in total. The number of hydrogen-bond donors (Lipinski definition) is 0. The molecule has 0 N–H and O–H groups in total. The molecule has 0 amide bonds. The van der Waals surface area contributed by atoms with Crippen LogP contribution < -0.4 is 0 Å². The van der Waals surface area contributed by atoms with Crippen molar-refractivity contribution in [3.63, 3.8) is 0 Å². The molecule has 2 aliphatic carbocycles. The molecule has 24 heavy (non-hydrogen) atoms. The third-order valence-corrected chi connectivity index (χ3v) is 4.61. The standard InChI is InChI=1S/C14H10O8S2/c15-13(9-5-1-3-7-11(9)23(17)18)21-22-14(16)10-6-2-4-8-12(10)24(19)20/h1-10H. The first-order valence-corrected chi connectivity index (χ1v) is 8.61. The van der Waals surface area contributed by atoms with E-state index in [0.29, 0.717) is 0 Å². The summed E-state index contributed by atoms with van der Waals surface area (Å²) in [5, 5.41) is 0. The molecule has 2 unspecified atom stereocenters. The molecule has 0 aromatic rings. The Hall–Kier alpha value is -2.72. The quantitative estimate of drug-likeness (QED) is 0.365. The molecule has 0 aliphatic heterocycles. The van der Waals surface area contributed by atoms with E-state index in [9.17, 15) is 26.4 Å². The van der Waals surface area contributed by atoms with Crippen LogP contribution in [-0.2, 0) is 40.0 Å². The zero-order chi connectivity index (χ0) is 17.7. The minimum atomic E-state index is -2.65. The highest BCUT2D eigenvalue weighted by atomic mass is 32.2. The Morgan fingerprint density at radius 2 is 1.08 bits per heavy atom. The molecule has 2 aliphatic rings. The summed E-state index contributed by atoms with van der Waals surface area (Å²) >= 11 is 0. The van der Waals surface area contributed by atoms with Gasteiger partial charge in [-0.05, 0) is 12.2 Å². The monoisotopic (exact) mass is 370 g/mol. The number of carbonyl (C=O) groups excluding carboxylic acids is 2. The summed E-state index contributed by atoms with van der Waals surface area (Å²) < 4.78 is 44.2. The molecule has 2 rings (SSSR count). The third-order valence-electron chi connectivity index (χ3n) is 3.06. The maximum atomic E-state index is 11.9. The van der Waals surface area contributed by atoms with E-state index in [1.807, 2.05) is 0 Å². The molecular formula is C14H10O8S2. The van der Waals surface area contributed by atoms with Gasteiger partial charge in [-0.2, -0.15) is 16.8 Å². The van der Waals surface area contributed by atoms with Crippen molar-refractivity contribution in [1.29, 1.82) is 0 Å². The second kappa shape index (κ2) is 7.70. The zero-order valence-electron chi connectivity index (χ0n) is 11.9. The van der Waals surface area contributed by atoms with Crippen molar-refractivity contribution in [1.82, 2.24) is 0 Å². The molecule has 0 spiro atoms. The summed E-state index contributed by atoms with van der Waals surface area (Å²) in [6, 6.07) is 0.